The van der Waals surface area contributed by atoms with Crippen LogP contribution in [0.5, 0.6) is 0 Å². The van der Waals surface area contributed by atoms with Gasteiger partial charge in [0.2, 0.25) is 5.91 Å². The van der Waals surface area contributed by atoms with Gasteiger partial charge in [0.1, 0.15) is 5.58 Å². The van der Waals surface area contributed by atoms with Gasteiger partial charge in [0.25, 0.3) is 0 Å². The number of hydrogen-bond donors (Lipinski definition) is 2. The number of nitrogens with one attached hydrogen (secondary N) is 2. The Kier molecular flexibility index (Phi) is 8.61. The van der Waals surface area contributed by atoms with Gasteiger partial charge in [-0.1, -0.05) is 18.2 Å². The Hall–Kier alpha value is -3.66. The zero-order chi connectivity index (χ0) is 27.2. The van der Waals surface area contributed by atoms with Crippen LogP contribution in [0.25, 0.3) is 21.7 Å². The van der Waals surface area contributed by atoms with E-state index in [1.165, 1.54) is 6.07 Å². The van der Waals surface area contributed by atoms with Crippen LogP contribution in [0.15, 0.2) is 74.8 Å². The van der Waals surface area contributed by atoms with Crippen molar-refractivity contribution in [1.82, 2.24) is 4.31 Å². The molecule has 0 saturated carbocycles. The number of anilines is 2. The number of benzene rings is 3. The number of amides is 1. The second-order valence-electron chi connectivity index (χ2n) is 9.58. The van der Waals surface area contributed by atoms with Crippen LogP contribution in [0, 0.1) is 5.92 Å². The highest BCUT2D eigenvalue weighted by atomic mass is 32.2. The van der Waals surface area contributed by atoms with E-state index in [0.29, 0.717) is 36.5 Å². The van der Waals surface area contributed by atoms with E-state index in [2.05, 4.69) is 14.9 Å². The molecule has 5 rings (SSSR count). The van der Waals surface area contributed by atoms with Crippen LogP contribution in [0.1, 0.15) is 29.6 Å². The molecule has 2 heterocycles. The lowest BCUT2D eigenvalue weighted by Crippen LogP contribution is -2.37. The fourth-order valence-corrected chi connectivity index (χ4v) is 6.04. The molecule has 0 aliphatic carbocycles. The summed E-state index contributed by atoms with van der Waals surface area (Å²) in [5.41, 5.74) is 2.33. The summed E-state index contributed by atoms with van der Waals surface area (Å²) in [6.07, 6.45) is 3.41. The minimum atomic E-state index is -0.365. The first-order valence-corrected chi connectivity index (χ1v) is 13.8. The van der Waals surface area contributed by atoms with Crippen molar-refractivity contribution in [2.75, 3.05) is 44.0 Å². The summed E-state index contributed by atoms with van der Waals surface area (Å²) in [6, 6.07) is 18.3. The molecule has 1 amide bonds. The Bertz CT molecular complexity index is 1550. The van der Waals surface area contributed by atoms with Crippen molar-refractivity contribution in [1.29, 1.82) is 0 Å². The molecule has 202 valence electrons. The molecule has 0 spiro atoms. The summed E-state index contributed by atoms with van der Waals surface area (Å²) in [5, 5.41) is 9.04. The molecular weight excluding hydrogens is 514 g/mol. The predicted octanol–water partition coefficient (Wildman–Crippen LogP) is 5.56. The molecule has 1 unspecified atom stereocenters. The lowest BCUT2D eigenvalue weighted by Gasteiger charge is -2.31. The lowest BCUT2D eigenvalue weighted by molar-refractivity contribution is -0.120. The monoisotopic (exact) mass is 545 g/mol. The number of hydrogen-bond acceptors (Lipinski definition) is 8. The molecule has 3 aromatic carbocycles. The second kappa shape index (κ2) is 12.5. The normalized spacial score (nSPS) is 15.9. The average Bonchev–Trinajstić information content (AvgIpc) is 2.96. The van der Waals surface area contributed by atoms with Crippen molar-refractivity contribution in [3.05, 3.63) is 76.6 Å². The zero-order valence-corrected chi connectivity index (χ0v) is 22.6. The summed E-state index contributed by atoms with van der Waals surface area (Å²) >= 11 is 1.61. The molecule has 9 heteroatoms. The van der Waals surface area contributed by atoms with Crippen molar-refractivity contribution in [3.63, 3.8) is 0 Å². The van der Waals surface area contributed by atoms with Gasteiger partial charge in [-0.05, 0) is 67.6 Å². The van der Waals surface area contributed by atoms with Gasteiger partial charge < -0.3 is 19.8 Å². The summed E-state index contributed by atoms with van der Waals surface area (Å²) in [5.74, 6) is -0.194. The molecule has 4 aromatic rings. The quantitative estimate of drug-likeness (QED) is 0.116. The Morgan fingerprint density at radius 1 is 1.15 bits per heavy atom. The first-order valence-electron chi connectivity index (χ1n) is 13.1. The SMILES string of the molecule is COCCCNc1ccc(NC(=O)C2CCCN(Sc3ccc4oc(=O)ccc4c3)C2)c2cccc(C=O)c12. The Morgan fingerprint density at radius 3 is 2.87 bits per heavy atom. The molecule has 8 nitrogen and oxygen atoms in total. The number of nitrogens with zero attached hydrogens (tertiary/aromatic N) is 1. The summed E-state index contributed by atoms with van der Waals surface area (Å²) in [6.45, 7) is 2.86. The van der Waals surface area contributed by atoms with E-state index in [9.17, 15) is 14.4 Å². The minimum Gasteiger partial charge on any atom is -0.423 e. The van der Waals surface area contributed by atoms with Crippen LogP contribution in [-0.4, -0.2) is 49.8 Å². The topological polar surface area (TPSA) is 101 Å². The lowest BCUT2D eigenvalue weighted by atomic mass is 9.97. The van der Waals surface area contributed by atoms with Gasteiger partial charge in [-0.15, -0.1) is 0 Å². The molecule has 1 aliphatic rings. The second-order valence-corrected chi connectivity index (χ2v) is 10.8. The predicted molar refractivity (Wildman–Crippen MR) is 156 cm³/mol. The highest BCUT2D eigenvalue weighted by molar-refractivity contribution is 7.97. The molecule has 1 atom stereocenters. The fourth-order valence-electron chi connectivity index (χ4n) is 4.96. The van der Waals surface area contributed by atoms with Gasteiger partial charge >= 0.3 is 5.63 Å². The highest BCUT2D eigenvalue weighted by Crippen LogP contribution is 2.34. The van der Waals surface area contributed by atoms with Crippen molar-refractivity contribution in [2.24, 2.45) is 5.92 Å². The molecule has 1 aromatic heterocycles. The van der Waals surface area contributed by atoms with E-state index in [0.717, 1.165) is 58.8 Å². The van der Waals surface area contributed by atoms with Gasteiger partial charge in [-0.2, -0.15) is 0 Å². The first-order chi connectivity index (χ1) is 19.1. The van der Waals surface area contributed by atoms with Crippen molar-refractivity contribution >= 4 is 57.3 Å². The number of piperidine rings is 1. The first kappa shape index (κ1) is 26.9. The van der Waals surface area contributed by atoms with Gasteiger partial charge in [0, 0.05) is 77.4 Å². The van der Waals surface area contributed by atoms with Crippen LogP contribution in [0.4, 0.5) is 11.4 Å². The molecule has 1 aliphatic heterocycles. The molecular formula is C30H31N3O5S. The Labute approximate surface area is 230 Å². The van der Waals surface area contributed by atoms with Crippen LogP contribution in [0.3, 0.4) is 0 Å². The molecule has 39 heavy (non-hydrogen) atoms. The van der Waals surface area contributed by atoms with E-state index in [1.54, 1.807) is 31.2 Å². The fraction of sp³-hybridized carbons (Fsp3) is 0.300. The maximum Gasteiger partial charge on any atom is 0.336 e. The third-order valence-corrected chi connectivity index (χ3v) is 7.93. The molecule has 1 fully saturated rings. The van der Waals surface area contributed by atoms with E-state index in [1.807, 2.05) is 42.5 Å². The number of carbonyl (C=O) groups is 2. The molecule has 2 N–H and O–H groups in total. The van der Waals surface area contributed by atoms with Gasteiger partial charge in [-0.25, -0.2) is 9.10 Å². The largest absolute Gasteiger partial charge is 0.423 e. The number of ether oxygens (including phenoxy) is 1. The van der Waals surface area contributed by atoms with Gasteiger partial charge in [0.15, 0.2) is 6.29 Å². The Morgan fingerprint density at radius 2 is 2.03 bits per heavy atom. The van der Waals surface area contributed by atoms with E-state index in [-0.39, 0.29) is 17.5 Å². The average molecular weight is 546 g/mol. The highest BCUT2D eigenvalue weighted by Gasteiger charge is 2.27. The number of aldehydes is 1. The van der Waals surface area contributed by atoms with Crippen LogP contribution in [-0.2, 0) is 9.53 Å². The summed E-state index contributed by atoms with van der Waals surface area (Å²) in [7, 11) is 1.67. The Balaban J connectivity index is 1.29. The number of carbonyl (C=O) groups excluding carboxylic acids is 2. The summed E-state index contributed by atoms with van der Waals surface area (Å²) in [4.78, 5) is 37.7. The summed E-state index contributed by atoms with van der Waals surface area (Å²) < 4.78 is 12.6. The van der Waals surface area contributed by atoms with Gasteiger partial charge in [0.05, 0.1) is 5.92 Å². The molecule has 1 saturated heterocycles. The van der Waals surface area contributed by atoms with Gasteiger partial charge in [-0.3, -0.25) is 9.59 Å². The number of rotatable bonds is 10. The van der Waals surface area contributed by atoms with Crippen molar-refractivity contribution in [2.45, 2.75) is 24.2 Å². The van der Waals surface area contributed by atoms with Crippen molar-refractivity contribution in [3.8, 4) is 0 Å². The third kappa shape index (κ3) is 6.33. The number of methoxy groups -OCH3 is 1. The van der Waals surface area contributed by atoms with E-state index < -0.39 is 0 Å². The standard InChI is InChI=1S/C30H31N3O5S/c1-37-16-4-14-31-26-11-10-25(24-7-2-5-22(19-34)29(24)26)32-30(36)21-6-3-15-33(18-21)39-23-9-12-27-20(17-23)8-13-28(35)38-27/h2,5,7-13,17,19,21,31H,3-4,6,14-16,18H2,1H3,(H,32,36). The smallest absolute Gasteiger partial charge is 0.336 e. The number of fused-ring (bicyclic) bond motifs is 2. The van der Waals surface area contributed by atoms with Crippen LogP contribution >= 0.6 is 11.9 Å². The van der Waals surface area contributed by atoms with Crippen LogP contribution < -0.4 is 16.3 Å². The maximum absolute atomic E-state index is 13.4. The van der Waals surface area contributed by atoms with E-state index in [4.69, 9.17) is 9.15 Å². The molecule has 0 radical (unpaired) electrons. The third-order valence-electron chi connectivity index (χ3n) is 6.88. The molecule has 0 bridgehead atoms. The maximum atomic E-state index is 13.4. The zero-order valence-electron chi connectivity index (χ0n) is 21.8. The van der Waals surface area contributed by atoms with Crippen molar-refractivity contribution < 1.29 is 18.7 Å². The minimum absolute atomic E-state index is 0.0285. The van der Waals surface area contributed by atoms with Crippen LogP contribution in [0.2, 0.25) is 0 Å². The van der Waals surface area contributed by atoms with E-state index >= 15 is 0 Å².